The van der Waals surface area contributed by atoms with Crippen molar-refractivity contribution < 1.29 is 14.6 Å². The van der Waals surface area contributed by atoms with E-state index in [1.165, 1.54) is 23.8 Å². The zero-order valence-corrected chi connectivity index (χ0v) is 17.0. The van der Waals surface area contributed by atoms with Crippen molar-refractivity contribution >= 4 is 34.5 Å². The molecule has 0 bridgehead atoms. The van der Waals surface area contributed by atoms with E-state index in [1.807, 2.05) is 29.6 Å². The zero-order chi connectivity index (χ0) is 20.6. The minimum Gasteiger partial charge on any atom is -0.872 e. The molecule has 0 aliphatic carbocycles. The first-order valence-electron chi connectivity index (χ1n) is 9.28. The van der Waals surface area contributed by atoms with E-state index in [1.54, 1.807) is 11.3 Å². The Balaban J connectivity index is 1.85. The number of para-hydroxylation sites is 1. The van der Waals surface area contributed by atoms with Gasteiger partial charge in [0.2, 0.25) is 5.69 Å². The molecule has 4 rings (SSSR count). The Morgan fingerprint density at radius 3 is 2.62 bits per heavy atom. The van der Waals surface area contributed by atoms with Crippen LogP contribution in [0.4, 0.5) is 11.4 Å². The predicted octanol–water partition coefficient (Wildman–Crippen LogP) is 5.02. The fraction of sp³-hybridized carbons (Fsp3) is 0.174. The van der Waals surface area contributed by atoms with Crippen LogP contribution in [0.5, 0.6) is 5.75 Å². The molecule has 2 aromatic carbocycles. The maximum absolute atomic E-state index is 12.4. The number of rotatable bonds is 5. The topological polar surface area (TPSA) is 69.2 Å². The van der Waals surface area contributed by atoms with E-state index in [0.717, 1.165) is 16.3 Å². The highest BCUT2D eigenvalue weighted by Crippen LogP contribution is 2.41. The summed E-state index contributed by atoms with van der Waals surface area (Å²) in [5, 5.41) is 25.6. The molecule has 1 aliphatic heterocycles. The van der Waals surface area contributed by atoms with E-state index in [0.29, 0.717) is 5.56 Å². The van der Waals surface area contributed by atoms with Crippen LogP contribution in [0.2, 0.25) is 0 Å². The van der Waals surface area contributed by atoms with Gasteiger partial charge in [0.1, 0.15) is 0 Å². The van der Waals surface area contributed by atoms with E-state index in [-0.39, 0.29) is 23.4 Å². The van der Waals surface area contributed by atoms with E-state index in [9.17, 15) is 15.2 Å². The number of nitro groups is 1. The van der Waals surface area contributed by atoms with Gasteiger partial charge >= 0.3 is 0 Å². The maximum Gasteiger partial charge on any atom is 0.269 e. The van der Waals surface area contributed by atoms with Gasteiger partial charge in [0, 0.05) is 40.3 Å². The number of hydrogen-bond donors (Lipinski definition) is 0. The second-order valence-corrected chi connectivity index (χ2v) is 8.49. The molecule has 3 aromatic rings. The van der Waals surface area contributed by atoms with E-state index < -0.39 is 4.92 Å². The summed E-state index contributed by atoms with van der Waals surface area (Å²) in [5.74, 6) is -0.195. The maximum atomic E-state index is 12.4. The second-order valence-electron chi connectivity index (χ2n) is 7.51. The number of hydrogen-bond acceptors (Lipinski definition) is 4. The molecular weight excluding hydrogens is 384 g/mol. The van der Waals surface area contributed by atoms with Gasteiger partial charge in [0.15, 0.2) is 12.3 Å². The predicted molar refractivity (Wildman–Crippen MR) is 114 cm³/mol. The fourth-order valence-electron chi connectivity index (χ4n) is 3.83. The molecule has 146 valence electrons. The Hall–Kier alpha value is -3.25. The molecule has 0 N–H and O–H groups in total. The number of non-ortho nitro benzene ring substituents is 1. The van der Waals surface area contributed by atoms with Crippen molar-refractivity contribution in [1.29, 1.82) is 0 Å². The molecule has 0 unspecified atom stereocenters. The summed E-state index contributed by atoms with van der Waals surface area (Å²) in [6, 6.07) is 16.1. The molecule has 0 saturated carbocycles. The summed E-state index contributed by atoms with van der Waals surface area (Å²) in [6.45, 7) is 4.60. The van der Waals surface area contributed by atoms with Crippen molar-refractivity contribution in [2.24, 2.45) is 0 Å². The number of nitro benzene ring substituents is 1. The highest BCUT2D eigenvalue weighted by atomic mass is 32.1. The largest absolute Gasteiger partial charge is 0.872 e. The lowest BCUT2D eigenvalue weighted by atomic mass is 9.81. The SMILES string of the molecule is CC1(C)C(/C=C/c2cccs2)=[N+](Cc2cc([N+](=O)[O-])ccc2[O-])c2ccccc21. The van der Waals surface area contributed by atoms with Crippen molar-refractivity contribution in [3.63, 3.8) is 0 Å². The Morgan fingerprint density at radius 2 is 1.90 bits per heavy atom. The third kappa shape index (κ3) is 3.47. The minimum atomic E-state index is -0.466. The van der Waals surface area contributed by atoms with Crippen LogP contribution in [0.3, 0.4) is 0 Å². The first-order valence-corrected chi connectivity index (χ1v) is 10.2. The van der Waals surface area contributed by atoms with Crippen LogP contribution < -0.4 is 5.11 Å². The summed E-state index contributed by atoms with van der Waals surface area (Å²) in [6.07, 6.45) is 4.17. The number of nitrogens with zero attached hydrogens (tertiary/aromatic N) is 2. The van der Waals surface area contributed by atoms with Gasteiger partial charge in [0.05, 0.1) is 10.3 Å². The van der Waals surface area contributed by atoms with Crippen LogP contribution in [0.25, 0.3) is 6.08 Å². The number of allylic oxidation sites excluding steroid dienone is 1. The van der Waals surface area contributed by atoms with Gasteiger partial charge in [-0.05, 0) is 31.4 Å². The van der Waals surface area contributed by atoms with Gasteiger partial charge in [-0.3, -0.25) is 10.1 Å². The van der Waals surface area contributed by atoms with Gasteiger partial charge in [0.25, 0.3) is 5.69 Å². The van der Waals surface area contributed by atoms with Crippen molar-refractivity contribution in [2.45, 2.75) is 25.8 Å². The van der Waals surface area contributed by atoms with Gasteiger partial charge in [-0.2, -0.15) is 4.58 Å². The molecule has 0 atom stereocenters. The fourth-order valence-corrected chi connectivity index (χ4v) is 4.45. The van der Waals surface area contributed by atoms with Crippen molar-refractivity contribution in [3.05, 3.63) is 92.2 Å². The quantitative estimate of drug-likeness (QED) is 0.341. The summed E-state index contributed by atoms with van der Waals surface area (Å²) in [7, 11) is 0. The number of fused-ring (bicyclic) bond motifs is 1. The Kier molecular flexibility index (Phi) is 4.80. The highest BCUT2D eigenvalue weighted by Gasteiger charge is 2.44. The van der Waals surface area contributed by atoms with Crippen LogP contribution in [-0.4, -0.2) is 15.2 Å². The zero-order valence-electron chi connectivity index (χ0n) is 16.2. The molecule has 0 fully saturated rings. The summed E-state index contributed by atoms with van der Waals surface area (Å²) < 4.78 is 2.10. The molecule has 5 nitrogen and oxygen atoms in total. The van der Waals surface area contributed by atoms with Crippen LogP contribution in [-0.2, 0) is 12.0 Å². The summed E-state index contributed by atoms with van der Waals surface area (Å²) in [4.78, 5) is 11.9. The van der Waals surface area contributed by atoms with Gasteiger partial charge in [-0.1, -0.05) is 36.1 Å². The average molecular weight is 404 g/mol. The van der Waals surface area contributed by atoms with Gasteiger partial charge in [-0.25, -0.2) is 0 Å². The molecule has 2 heterocycles. The Labute approximate surface area is 173 Å². The molecule has 0 spiro atoms. The first-order chi connectivity index (χ1) is 13.9. The molecular formula is C23H20N2O3S. The van der Waals surface area contributed by atoms with Gasteiger partial charge < -0.3 is 5.11 Å². The molecule has 1 aliphatic rings. The molecule has 0 radical (unpaired) electrons. The van der Waals surface area contributed by atoms with Crippen LogP contribution in [0, 0.1) is 10.1 Å². The van der Waals surface area contributed by atoms with Crippen molar-refractivity contribution in [1.82, 2.24) is 0 Å². The third-order valence-corrected chi connectivity index (χ3v) is 6.17. The summed E-state index contributed by atoms with van der Waals surface area (Å²) in [5.41, 5.74) is 3.33. The lowest BCUT2D eigenvalue weighted by molar-refractivity contribution is -0.456. The second kappa shape index (κ2) is 7.29. The Morgan fingerprint density at radius 1 is 1.10 bits per heavy atom. The van der Waals surface area contributed by atoms with E-state index in [2.05, 4.69) is 42.7 Å². The van der Waals surface area contributed by atoms with E-state index >= 15 is 0 Å². The van der Waals surface area contributed by atoms with Crippen LogP contribution in [0.1, 0.15) is 29.9 Å². The monoisotopic (exact) mass is 404 g/mol. The highest BCUT2D eigenvalue weighted by molar-refractivity contribution is 7.10. The van der Waals surface area contributed by atoms with E-state index in [4.69, 9.17) is 0 Å². The van der Waals surface area contributed by atoms with Gasteiger partial charge in [-0.15, -0.1) is 11.3 Å². The lowest BCUT2D eigenvalue weighted by Crippen LogP contribution is -2.27. The average Bonchev–Trinajstić information content (AvgIpc) is 3.28. The van der Waals surface area contributed by atoms with Crippen molar-refractivity contribution in [3.8, 4) is 5.75 Å². The van der Waals surface area contributed by atoms with Crippen LogP contribution >= 0.6 is 11.3 Å². The first kappa shape index (κ1) is 19.1. The molecule has 1 aromatic heterocycles. The third-order valence-electron chi connectivity index (χ3n) is 5.33. The molecule has 29 heavy (non-hydrogen) atoms. The minimum absolute atomic E-state index is 0.0676. The normalized spacial score (nSPS) is 15.1. The Bertz CT molecular complexity index is 1140. The van der Waals surface area contributed by atoms with Crippen molar-refractivity contribution in [2.75, 3.05) is 0 Å². The number of benzene rings is 2. The smallest absolute Gasteiger partial charge is 0.269 e. The molecule has 6 heteroatoms. The molecule has 0 amide bonds. The molecule has 0 saturated heterocycles. The van der Waals surface area contributed by atoms with Crippen LogP contribution in [0.15, 0.2) is 66.1 Å². The number of thiophene rings is 1. The summed E-state index contributed by atoms with van der Waals surface area (Å²) >= 11 is 1.66. The lowest BCUT2D eigenvalue weighted by Gasteiger charge is -2.15. The standard InChI is InChI=1S/C23H20N2O3S/c1-23(2)19-7-3-4-8-20(19)24(22(23)12-10-18-6-5-13-29-18)15-16-14-17(25(27)28)9-11-21(16)26/h3-14H,15H2,1-2H3/b12-10+.